The predicted molar refractivity (Wildman–Crippen MR) is 67.6 cm³/mol. The van der Waals surface area contributed by atoms with Crippen molar-refractivity contribution in [1.82, 2.24) is 4.57 Å². The van der Waals surface area contributed by atoms with E-state index < -0.39 is 0 Å². The lowest BCUT2D eigenvalue weighted by Crippen LogP contribution is -2.28. The van der Waals surface area contributed by atoms with Crippen LogP contribution in [0.4, 0.5) is 0 Å². The average molecular weight is 207 g/mol. The first-order valence-corrected chi connectivity index (χ1v) is 5.74. The van der Waals surface area contributed by atoms with E-state index in [1.807, 2.05) is 0 Å². The van der Waals surface area contributed by atoms with Crippen molar-refractivity contribution >= 4 is 0 Å². The quantitative estimate of drug-likeness (QED) is 0.602. The molecule has 0 aliphatic heterocycles. The molecule has 0 spiro atoms. The Morgan fingerprint density at radius 2 is 1.40 bits per heavy atom. The fourth-order valence-electron chi connectivity index (χ4n) is 2.18. The molecule has 0 aliphatic carbocycles. The molecule has 0 aliphatic rings. The highest BCUT2D eigenvalue weighted by Crippen LogP contribution is 2.33. The average Bonchev–Trinajstić information content (AvgIpc) is 2.25. The Bertz CT molecular complexity index is 356. The number of hydrogen-bond donors (Lipinski definition) is 0. The van der Waals surface area contributed by atoms with Crippen LogP contribution in [0.5, 0.6) is 0 Å². The standard InChI is InChI=1S/C14H25N/c1-10-9-15(14(6,7)8)12(11(10)2)13(3,4)5/h9H,1-8H3. The van der Waals surface area contributed by atoms with Crippen LogP contribution in [0, 0.1) is 13.8 Å². The molecule has 1 rings (SSSR count). The topological polar surface area (TPSA) is 4.93 Å². The van der Waals surface area contributed by atoms with E-state index in [0.29, 0.717) is 0 Å². The molecule has 0 saturated heterocycles. The number of rotatable bonds is 0. The summed E-state index contributed by atoms with van der Waals surface area (Å²) in [5.74, 6) is 0. The summed E-state index contributed by atoms with van der Waals surface area (Å²) in [7, 11) is 0. The van der Waals surface area contributed by atoms with Gasteiger partial charge in [-0.25, -0.2) is 0 Å². The van der Waals surface area contributed by atoms with Gasteiger partial charge in [0.15, 0.2) is 0 Å². The first kappa shape index (κ1) is 12.4. The summed E-state index contributed by atoms with van der Waals surface area (Å²) in [6.45, 7) is 18.1. The molecule has 0 saturated carbocycles. The molecule has 1 nitrogen and oxygen atoms in total. The van der Waals surface area contributed by atoms with Crippen molar-refractivity contribution in [2.75, 3.05) is 0 Å². The molecule has 0 atom stereocenters. The van der Waals surface area contributed by atoms with Crippen molar-refractivity contribution in [1.29, 1.82) is 0 Å². The first-order valence-electron chi connectivity index (χ1n) is 5.74. The lowest BCUT2D eigenvalue weighted by molar-refractivity contribution is 0.359. The van der Waals surface area contributed by atoms with E-state index in [-0.39, 0.29) is 11.0 Å². The molecular formula is C14H25N. The van der Waals surface area contributed by atoms with Crippen molar-refractivity contribution in [3.63, 3.8) is 0 Å². The lowest BCUT2D eigenvalue weighted by atomic mass is 9.88. The second-order valence-corrected chi connectivity index (χ2v) is 6.58. The van der Waals surface area contributed by atoms with Gasteiger partial charge in [0.2, 0.25) is 0 Å². The Kier molecular flexibility index (Phi) is 2.80. The van der Waals surface area contributed by atoms with E-state index in [2.05, 4.69) is 66.2 Å². The summed E-state index contributed by atoms with van der Waals surface area (Å²) in [4.78, 5) is 0. The Morgan fingerprint density at radius 3 is 1.67 bits per heavy atom. The lowest BCUT2D eigenvalue weighted by Gasteiger charge is -2.31. The van der Waals surface area contributed by atoms with Gasteiger partial charge in [0.1, 0.15) is 0 Å². The third kappa shape index (κ3) is 2.27. The molecule has 1 heterocycles. The van der Waals surface area contributed by atoms with Crippen LogP contribution in [-0.2, 0) is 11.0 Å². The molecule has 0 radical (unpaired) electrons. The summed E-state index contributed by atoms with van der Waals surface area (Å²) < 4.78 is 2.43. The van der Waals surface area contributed by atoms with Crippen LogP contribution in [0.3, 0.4) is 0 Å². The largest absolute Gasteiger partial charge is 0.345 e. The van der Waals surface area contributed by atoms with E-state index >= 15 is 0 Å². The summed E-state index contributed by atoms with van der Waals surface area (Å²) in [5, 5.41) is 0. The zero-order valence-corrected chi connectivity index (χ0v) is 11.5. The molecule has 0 fully saturated rings. The van der Waals surface area contributed by atoms with E-state index in [1.54, 1.807) is 0 Å². The zero-order chi connectivity index (χ0) is 12.0. The Labute approximate surface area is 94.5 Å². The van der Waals surface area contributed by atoms with E-state index in [0.717, 1.165) is 0 Å². The fourth-order valence-corrected chi connectivity index (χ4v) is 2.18. The third-order valence-electron chi connectivity index (χ3n) is 2.94. The molecule has 86 valence electrons. The van der Waals surface area contributed by atoms with Gasteiger partial charge in [-0.15, -0.1) is 0 Å². The van der Waals surface area contributed by atoms with Crippen LogP contribution in [0.1, 0.15) is 58.4 Å². The fraction of sp³-hybridized carbons (Fsp3) is 0.714. The second kappa shape index (κ2) is 3.40. The Balaban J connectivity index is 3.48. The third-order valence-corrected chi connectivity index (χ3v) is 2.94. The Morgan fingerprint density at radius 1 is 0.933 bits per heavy atom. The molecule has 1 heteroatoms. The molecule has 15 heavy (non-hydrogen) atoms. The number of hydrogen-bond acceptors (Lipinski definition) is 0. The van der Waals surface area contributed by atoms with Crippen molar-refractivity contribution in [2.45, 2.75) is 66.3 Å². The molecule has 0 aromatic carbocycles. The van der Waals surface area contributed by atoms with Gasteiger partial charge < -0.3 is 4.57 Å². The van der Waals surface area contributed by atoms with Gasteiger partial charge >= 0.3 is 0 Å². The highest BCUT2D eigenvalue weighted by atomic mass is 15.1. The number of aryl methyl sites for hydroxylation is 1. The van der Waals surface area contributed by atoms with Crippen molar-refractivity contribution in [3.8, 4) is 0 Å². The van der Waals surface area contributed by atoms with Gasteiger partial charge in [0.25, 0.3) is 0 Å². The SMILES string of the molecule is Cc1cn(C(C)(C)C)c(C(C)(C)C)c1C. The smallest absolute Gasteiger partial charge is 0.0358 e. The summed E-state index contributed by atoms with van der Waals surface area (Å²) >= 11 is 0. The van der Waals surface area contributed by atoms with Gasteiger partial charge in [-0.1, -0.05) is 20.8 Å². The van der Waals surface area contributed by atoms with Crippen LogP contribution in [0.25, 0.3) is 0 Å². The first-order chi connectivity index (χ1) is 6.55. The summed E-state index contributed by atoms with van der Waals surface area (Å²) in [5.41, 5.74) is 4.69. The second-order valence-electron chi connectivity index (χ2n) is 6.58. The van der Waals surface area contributed by atoms with Gasteiger partial charge in [-0.3, -0.25) is 0 Å². The summed E-state index contributed by atoms with van der Waals surface area (Å²) in [6.07, 6.45) is 2.29. The minimum absolute atomic E-state index is 0.168. The molecular weight excluding hydrogens is 182 g/mol. The monoisotopic (exact) mass is 207 g/mol. The van der Waals surface area contributed by atoms with Crippen LogP contribution >= 0.6 is 0 Å². The maximum atomic E-state index is 2.43. The highest BCUT2D eigenvalue weighted by molar-refractivity contribution is 5.35. The zero-order valence-electron chi connectivity index (χ0n) is 11.5. The molecule has 0 unspecified atom stereocenters. The van der Waals surface area contributed by atoms with Gasteiger partial charge in [0.05, 0.1) is 0 Å². The van der Waals surface area contributed by atoms with Gasteiger partial charge in [-0.2, -0.15) is 0 Å². The van der Waals surface area contributed by atoms with Crippen LogP contribution in [0.2, 0.25) is 0 Å². The van der Waals surface area contributed by atoms with Crippen LogP contribution in [-0.4, -0.2) is 4.57 Å². The van der Waals surface area contributed by atoms with Crippen molar-refractivity contribution < 1.29 is 0 Å². The minimum atomic E-state index is 0.168. The van der Waals surface area contributed by atoms with Crippen molar-refractivity contribution in [2.24, 2.45) is 0 Å². The predicted octanol–water partition coefficient (Wildman–Crippen LogP) is 4.16. The Hall–Kier alpha value is -0.720. The van der Waals surface area contributed by atoms with Crippen LogP contribution < -0.4 is 0 Å². The maximum Gasteiger partial charge on any atom is 0.0358 e. The minimum Gasteiger partial charge on any atom is -0.345 e. The van der Waals surface area contributed by atoms with Crippen LogP contribution in [0.15, 0.2) is 6.20 Å². The van der Waals surface area contributed by atoms with Gasteiger partial charge in [0, 0.05) is 22.8 Å². The van der Waals surface area contributed by atoms with E-state index in [4.69, 9.17) is 0 Å². The molecule has 1 aromatic heterocycles. The molecule has 0 N–H and O–H groups in total. The number of aromatic nitrogens is 1. The van der Waals surface area contributed by atoms with Gasteiger partial charge in [-0.05, 0) is 45.7 Å². The maximum absolute atomic E-state index is 2.43. The number of nitrogens with zero attached hydrogens (tertiary/aromatic N) is 1. The van der Waals surface area contributed by atoms with E-state index in [1.165, 1.54) is 16.8 Å². The van der Waals surface area contributed by atoms with E-state index in [9.17, 15) is 0 Å². The molecule has 0 bridgehead atoms. The van der Waals surface area contributed by atoms with Crippen molar-refractivity contribution in [3.05, 3.63) is 23.0 Å². The normalized spacial score (nSPS) is 13.3. The molecule has 1 aromatic rings. The highest BCUT2D eigenvalue weighted by Gasteiger charge is 2.27. The summed E-state index contributed by atoms with van der Waals surface area (Å²) in [6, 6.07) is 0. The molecule has 0 amide bonds.